The molecular formula is C14H21ClN2O2. The fourth-order valence-corrected chi connectivity index (χ4v) is 1.73. The van der Waals surface area contributed by atoms with Crippen LogP contribution in [-0.2, 0) is 4.79 Å². The third-order valence-corrected chi connectivity index (χ3v) is 2.98. The summed E-state index contributed by atoms with van der Waals surface area (Å²) in [4.78, 5) is 11.8. The highest BCUT2D eigenvalue weighted by Gasteiger charge is 2.17. The average molecular weight is 285 g/mol. The molecule has 4 nitrogen and oxygen atoms in total. The quantitative estimate of drug-likeness (QED) is 0.790. The summed E-state index contributed by atoms with van der Waals surface area (Å²) in [7, 11) is 0. The van der Waals surface area contributed by atoms with E-state index in [2.05, 4.69) is 19.2 Å². The lowest BCUT2D eigenvalue weighted by Gasteiger charge is -2.17. The van der Waals surface area contributed by atoms with Crippen molar-refractivity contribution in [2.75, 3.05) is 12.3 Å². The number of nitrogens with one attached hydrogen (secondary N) is 1. The molecule has 0 heterocycles. The standard InChI is InChI=1S/C14H21ClN2O2/c1-9(2)7-8-17-14(18)10(3)19-13-11(15)5-4-6-12(13)16/h4-6,9-10H,7-8,16H2,1-3H3,(H,17,18). The normalized spacial score (nSPS) is 12.3. The second-order valence-corrected chi connectivity index (χ2v) is 5.30. The molecule has 0 fully saturated rings. The summed E-state index contributed by atoms with van der Waals surface area (Å²) in [5.74, 6) is 0.742. The summed E-state index contributed by atoms with van der Waals surface area (Å²) in [5.41, 5.74) is 6.19. The fraction of sp³-hybridized carbons (Fsp3) is 0.500. The monoisotopic (exact) mass is 284 g/mol. The SMILES string of the molecule is CC(C)CCNC(=O)C(C)Oc1c(N)cccc1Cl. The predicted molar refractivity (Wildman–Crippen MR) is 78.4 cm³/mol. The van der Waals surface area contributed by atoms with Gasteiger partial charge in [0.05, 0.1) is 10.7 Å². The number of ether oxygens (including phenoxy) is 1. The number of carbonyl (C=O) groups excluding carboxylic acids is 1. The number of nitrogens with two attached hydrogens (primary N) is 1. The lowest BCUT2D eigenvalue weighted by molar-refractivity contribution is -0.127. The summed E-state index contributed by atoms with van der Waals surface area (Å²) >= 11 is 5.99. The Morgan fingerprint density at radius 3 is 2.68 bits per heavy atom. The van der Waals surface area contributed by atoms with Crippen LogP contribution in [0, 0.1) is 5.92 Å². The molecule has 3 N–H and O–H groups in total. The molecule has 0 radical (unpaired) electrons. The van der Waals surface area contributed by atoms with Gasteiger partial charge in [-0.25, -0.2) is 0 Å². The van der Waals surface area contributed by atoms with Gasteiger partial charge in [-0.05, 0) is 31.4 Å². The van der Waals surface area contributed by atoms with Crippen LogP contribution in [0.3, 0.4) is 0 Å². The van der Waals surface area contributed by atoms with Crippen molar-refractivity contribution in [2.45, 2.75) is 33.3 Å². The van der Waals surface area contributed by atoms with Crippen LogP contribution >= 0.6 is 11.6 Å². The Bertz CT molecular complexity index is 415. The number of halogens is 1. The highest BCUT2D eigenvalue weighted by molar-refractivity contribution is 6.32. The number of anilines is 1. The van der Waals surface area contributed by atoms with Crippen molar-refractivity contribution in [3.8, 4) is 5.75 Å². The predicted octanol–water partition coefficient (Wildman–Crippen LogP) is 2.85. The minimum absolute atomic E-state index is 0.167. The molecule has 19 heavy (non-hydrogen) atoms. The van der Waals surface area contributed by atoms with Crippen molar-refractivity contribution in [3.05, 3.63) is 23.2 Å². The first-order chi connectivity index (χ1) is 8.91. The molecule has 1 unspecified atom stereocenters. The Labute approximate surface area is 119 Å². The third kappa shape index (κ3) is 4.99. The van der Waals surface area contributed by atoms with E-state index in [4.69, 9.17) is 22.1 Å². The molecule has 1 atom stereocenters. The summed E-state index contributed by atoms with van der Waals surface area (Å²) in [5, 5.41) is 3.23. The van der Waals surface area contributed by atoms with Gasteiger partial charge in [0.2, 0.25) is 0 Å². The van der Waals surface area contributed by atoms with Crippen LogP contribution in [0.1, 0.15) is 27.2 Å². The topological polar surface area (TPSA) is 64.3 Å². The first-order valence-corrected chi connectivity index (χ1v) is 6.78. The number of rotatable bonds is 6. The van der Waals surface area contributed by atoms with E-state index in [1.54, 1.807) is 25.1 Å². The van der Waals surface area contributed by atoms with Gasteiger partial charge in [-0.3, -0.25) is 4.79 Å². The lowest BCUT2D eigenvalue weighted by Crippen LogP contribution is -2.37. The Morgan fingerprint density at radius 1 is 1.42 bits per heavy atom. The molecule has 0 saturated carbocycles. The largest absolute Gasteiger partial charge is 0.477 e. The van der Waals surface area contributed by atoms with Crippen molar-refractivity contribution in [1.82, 2.24) is 5.32 Å². The van der Waals surface area contributed by atoms with Gasteiger partial charge in [0.25, 0.3) is 5.91 Å². The van der Waals surface area contributed by atoms with Crippen molar-refractivity contribution < 1.29 is 9.53 Å². The molecule has 0 aromatic heterocycles. The molecular weight excluding hydrogens is 264 g/mol. The van der Waals surface area contributed by atoms with Crippen LogP contribution in [-0.4, -0.2) is 18.6 Å². The molecule has 1 aromatic carbocycles. The molecule has 0 bridgehead atoms. The van der Waals surface area contributed by atoms with E-state index in [0.29, 0.717) is 28.9 Å². The fourth-order valence-electron chi connectivity index (χ4n) is 1.51. The van der Waals surface area contributed by atoms with E-state index >= 15 is 0 Å². The maximum Gasteiger partial charge on any atom is 0.260 e. The number of para-hydroxylation sites is 1. The molecule has 0 spiro atoms. The first kappa shape index (κ1) is 15.6. The van der Waals surface area contributed by atoms with Gasteiger partial charge in [0, 0.05) is 6.54 Å². The van der Waals surface area contributed by atoms with Crippen molar-refractivity contribution in [3.63, 3.8) is 0 Å². The van der Waals surface area contributed by atoms with Crippen LogP contribution in [0.25, 0.3) is 0 Å². The second kappa shape index (κ2) is 7.24. The molecule has 0 aliphatic carbocycles. The van der Waals surface area contributed by atoms with E-state index in [1.165, 1.54) is 0 Å². The van der Waals surface area contributed by atoms with Crippen LogP contribution in [0.2, 0.25) is 5.02 Å². The Kier molecular flexibility index (Phi) is 5.96. The number of nitrogen functional groups attached to an aromatic ring is 1. The zero-order valence-corrected chi connectivity index (χ0v) is 12.3. The van der Waals surface area contributed by atoms with Gasteiger partial charge in [0.1, 0.15) is 0 Å². The maximum atomic E-state index is 11.8. The molecule has 0 saturated heterocycles. The highest BCUT2D eigenvalue weighted by atomic mass is 35.5. The zero-order chi connectivity index (χ0) is 14.4. The van der Waals surface area contributed by atoms with Gasteiger partial charge in [0.15, 0.2) is 11.9 Å². The number of amides is 1. The summed E-state index contributed by atoms with van der Waals surface area (Å²) in [6.45, 7) is 6.53. The summed E-state index contributed by atoms with van der Waals surface area (Å²) in [6.07, 6.45) is 0.307. The molecule has 1 rings (SSSR count). The van der Waals surface area contributed by atoms with Gasteiger partial charge in [-0.1, -0.05) is 31.5 Å². The van der Waals surface area contributed by atoms with E-state index in [-0.39, 0.29) is 5.91 Å². The smallest absolute Gasteiger partial charge is 0.260 e. The lowest BCUT2D eigenvalue weighted by atomic mass is 10.1. The van der Waals surface area contributed by atoms with E-state index in [0.717, 1.165) is 6.42 Å². The Morgan fingerprint density at radius 2 is 2.11 bits per heavy atom. The molecule has 5 heteroatoms. The minimum atomic E-state index is -0.630. The summed E-state index contributed by atoms with van der Waals surface area (Å²) in [6, 6.07) is 5.10. The average Bonchev–Trinajstić information content (AvgIpc) is 2.33. The molecule has 0 aliphatic heterocycles. The molecule has 1 amide bonds. The first-order valence-electron chi connectivity index (χ1n) is 6.40. The van der Waals surface area contributed by atoms with Crippen molar-refractivity contribution >= 4 is 23.2 Å². The summed E-state index contributed by atoms with van der Waals surface area (Å²) < 4.78 is 5.53. The molecule has 106 valence electrons. The van der Waals surface area contributed by atoms with Gasteiger partial charge >= 0.3 is 0 Å². The van der Waals surface area contributed by atoms with Crippen LogP contribution < -0.4 is 15.8 Å². The third-order valence-electron chi connectivity index (χ3n) is 2.68. The van der Waals surface area contributed by atoms with Gasteiger partial charge < -0.3 is 15.8 Å². The van der Waals surface area contributed by atoms with E-state index in [1.807, 2.05) is 0 Å². The van der Waals surface area contributed by atoms with Crippen LogP contribution in [0.5, 0.6) is 5.75 Å². The number of hydrogen-bond donors (Lipinski definition) is 2. The van der Waals surface area contributed by atoms with Crippen molar-refractivity contribution in [1.29, 1.82) is 0 Å². The highest BCUT2D eigenvalue weighted by Crippen LogP contribution is 2.31. The number of hydrogen-bond acceptors (Lipinski definition) is 3. The maximum absolute atomic E-state index is 11.8. The van der Waals surface area contributed by atoms with Gasteiger partial charge in [-0.15, -0.1) is 0 Å². The van der Waals surface area contributed by atoms with Crippen LogP contribution in [0.15, 0.2) is 18.2 Å². The molecule has 0 aliphatic rings. The Balaban J connectivity index is 2.54. The zero-order valence-electron chi connectivity index (χ0n) is 11.6. The van der Waals surface area contributed by atoms with E-state index in [9.17, 15) is 4.79 Å². The van der Waals surface area contributed by atoms with Crippen LogP contribution in [0.4, 0.5) is 5.69 Å². The number of carbonyl (C=O) groups is 1. The molecule has 1 aromatic rings. The minimum Gasteiger partial charge on any atom is -0.477 e. The van der Waals surface area contributed by atoms with Crippen molar-refractivity contribution in [2.24, 2.45) is 5.92 Å². The van der Waals surface area contributed by atoms with E-state index < -0.39 is 6.10 Å². The van der Waals surface area contributed by atoms with Gasteiger partial charge in [-0.2, -0.15) is 0 Å². The Hall–Kier alpha value is -1.42. The second-order valence-electron chi connectivity index (χ2n) is 4.89. The number of benzene rings is 1.